The largest absolute Gasteiger partial charge is 0.299 e. The van der Waals surface area contributed by atoms with E-state index in [0.717, 1.165) is 11.3 Å². The summed E-state index contributed by atoms with van der Waals surface area (Å²) >= 11 is 0. The molecule has 4 nitrogen and oxygen atoms in total. The lowest BCUT2D eigenvalue weighted by Gasteiger charge is -2.05. The molecule has 0 unspecified atom stereocenters. The third-order valence-corrected chi connectivity index (χ3v) is 2.64. The molecule has 0 atom stereocenters. The predicted octanol–water partition coefficient (Wildman–Crippen LogP) is 2.31. The summed E-state index contributed by atoms with van der Waals surface area (Å²) in [6, 6.07) is 5.61. The van der Waals surface area contributed by atoms with Crippen LogP contribution in [0.15, 0.2) is 36.8 Å². The second-order valence-corrected chi connectivity index (χ2v) is 4.40. The Hall–Kier alpha value is -2.10. The number of ketones is 1. The summed E-state index contributed by atoms with van der Waals surface area (Å²) in [5.74, 6) is 0.726. The molecular weight excluding hydrogens is 226 g/mol. The molecule has 0 amide bonds. The summed E-state index contributed by atoms with van der Waals surface area (Å²) in [4.78, 5) is 24.2. The summed E-state index contributed by atoms with van der Waals surface area (Å²) in [5, 5.41) is 0. The molecule has 92 valence electrons. The van der Waals surface area contributed by atoms with Gasteiger partial charge in [-0.2, -0.15) is 0 Å². The number of Topliss-reactive ketones (excluding diaryl/α,β-unsaturated/α-hetero) is 1. The first-order chi connectivity index (χ1) is 8.66. The second kappa shape index (κ2) is 5.49. The van der Waals surface area contributed by atoms with Gasteiger partial charge in [0.25, 0.3) is 0 Å². The van der Waals surface area contributed by atoms with Crippen molar-refractivity contribution in [1.29, 1.82) is 0 Å². The Bertz CT molecular complexity index is 538. The van der Waals surface area contributed by atoms with E-state index in [4.69, 9.17) is 0 Å². The monoisotopic (exact) mass is 241 g/mol. The number of aromatic nitrogens is 3. The molecule has 0 bridgehead atoms. The average Bonchev–Trinajstić information content (AvgIpc) is 2.40. The molecule has 2 heterocycles. The number of hydrogen-bond acceptors (Lipinski definition) is 4. The quantitative estimate of drug-likeness (QED) is 0.824. The molecule has 0 fully saturated rings. The van der Waals surface area contributed by atoms with Crippen molar-refractivity contribution in [1.82, 2.24) is 15.0 Å². The Morgan fingerprint density at radius 3 is 2.78 bits per heavy atom. The van der Waals surface area contributed by atoms with Crippen LogP contribution in [0.1, 0.15) is 19.7 Å². The van der Waals surface area contributed by atoms with Crippen molar-refractivity contribution < 1.29 is 4.79 Å². The first-order valence-corrected chi connectivity index (χ1v) is 5.92. The van der Waals surface area contributed by atoms with Crippen LogP contribution in [-0.2, 0) is 11.2 Å². The normalized spacial score (nSPS) is 10.6. The summed E-state index contributed by atoms with van der Waals surface area (Å²) in [5.41, 5.74) is 1.72. The molecule has 0 spiro atoms. The number of rotatable bonds is 4. The smallest absolute Gasteiger partial charge is 0.142 e. The zero-order valence-corrected chi connectivity index (χ0v) is 10.5. The summed E-state index contributed by atoms with van der Waals surface area (Å²) < 4.78 is 0. The van der Waals surface area contributed by atoms with Gasteiger partial charge in [-0.3, -0.25) is 9.78 Å². The van der Waals surface area contributed by atoms with Crippen molar-refractivity contribution in [3.63, 3.8) is 0 Å². The number of carbonyl (C=O) groups excluding carboxylic acids is 1. The maximum Gasteiger partial charge on any atom is 0.142 e. The fraction of sp³-hybridized carbons (Fsp3) is 0.286. The number of pyridine rings is 1. The van der Waals surface area contributed by atoms with Crippen LogP contribution in [-0.4, -0.2) is 20.7 Å². The van der Waals surface area contributed by atoms with E-state index in [0.29, 0.717) is 5.82 Å². The molecular formula is C14H15N3O. The highest BCUT2D eigenvalue weighted by Gasteiger charge is 2.11. The van der Waals surface area contributed by atoms with E-state index in [-0.39, 0.29) is 18.1 Å². The van der Waals surface area contributed by atoms with Crippen molar-refractivity contribution in [2.24, 2.45) is 5.92 Å². The highest BCUT2D eigenvalue weighted by molar-refractivity contribution is 5.82. The Labute approximate surface area is 106 Å². The minimum atomic E-state index is 0.00986. The molecule has 0 N–H and O–H groups in total. The van der Waals surface area contributed by atoms with Gasteiger partial charge in [0.05, 0.1) is 12.1 Å². The van der Waals surface area contributed by atoms with Crippen molar-refractivity contribution >= 4 is 5.78 Å². The first-order valence-electron chi connectivity index (χ1n) is 5.92. The molecule has 0 saturated carbocycles. The van der Waals surface area contributed by atoms with Crippen molar-refractivity contribution in [3.05, 3.63) is 42.6 Å². The van der Waals surface area contributed by atoms with E-state index in [9.17, 15) is 4.79 Å². The van der Waals surface area contributed by atoms with E-state index in [1.807, 2.05) is 32.0 Å². The molecule has 0 radical (unpaired) electrons. The lowest BCUT2D eigenvalue weighted by molar-refractivity contribution is -0.121. The van der Waals surface area contributed by atoms with E-state index in [1.165, 1.54) is 0 Å². The molecule has 2 aromatic heterocycles. The van der Waals surface area contributed by atoms with E-state index in [1.54, 1.807) is 18.6 Å². The zero-order valence-electron chi connectivity index (χ0n) is 10.5. The van der Waals surface area contributed by atoms with Crippen LogP contribution in [0.5, 0.6) is 0 Å². The maximum absolute atomic E-state index is 11.7. The van der Waals surface area contributed by atoms with Crippen LogP contribution in [0.3, 0.4) is 0 Å². The Balaban J connectivity index is 2.23. The lowest BCUT2D eigenvalue weighted by Crippen LogP contribution is -2.12. The lowest BCUT2D eigenvalue weighted by atomic mass is 10.1. The van der Waals surface area contributed by atoms with Crippen molar-refractivity contribution in [3.8, 4) is 11.3 Å². The van der Waals surface area contributed by atoms with Gasteiger partial charge >= 0.3 is 0 Å². The van der Waals surface area contributed by atoms with Gasteiger partial charge in [-0.05, 0) is 18.2 Å². The van der Waals surface area contributed by atoms with Crippen LogP contribution in [0, 0.1) is 5.92 Å². The number of carbonyl (C=O) groups is 1. The fourth-order valence-corrected chi connectivity index (χ4v) is 1.52. The number of hydrogen-bond donors (Lipinski definition) is 0. The van der Waals surface area contributed by atoms with Gasteiger partial charge in [0, 0.05) is 30.1 Å². The van der Waals surface area contributed by atoms with Crippen molar-refractivity contribution in [2.75, 3.05) is 0 Å². The average molecular weight is 241 g/mol. The van der Waals surface area contributed by atoms with Gasteiger partial charge in [-0.25, -0.2) is 9.97 Å². The Morgan fingerprint density at radius 1 is 1.28 bits per heavy atom. The molecule has 0 aliphatic rings. The predicted molar refractivity (Wildman–Crippen MR) is 68.8 cm³/mol. The topological polar surface area (TPSA) is 55.7 Å². The summed E-state index contributed by atoms with van der Waals surface area (Å²) in [6.45, 7) is 3.76. The van der Waals surface area contributed by atoms with Crippen LogP contribution < -0.4 is 0 Å². The molecule has 18 heavy (non-hydrogen) atoms. The second-order valence-electron chi connectivity index (χ2n) is 4.40. The molecule has 0 aliphatic heterocycles. The molecule has 0 saturated heterocycles. The van der Waals surface area contributed by atoms with Gasteiger partial charge in [-0.15, -0.1) is 0 Å². The highest BCUT2D eigenvalue weighted by Crippen LogP contribution is 2.14. The first kappa shape index (κ1) is 12.4. The van der Waals surface area contributed by atoms with Crippen LogP contribution in [0.4, 0.5) is 0 Å². The van der Waals surface area contributed by atoms with Gasteiger partial charge in [0.2, 0.25) is 0 Å². The Morgan fingerprint density at radius 2 is 2.11 bits per heavy atom. The van der Waals surface area contributed by atoms with E-state index in [2.05, 4.69) is 15.0 Å². The third kappa shape index (κ3) is 2.97. The summed E-state index contributed by atoms with van der Waals surface area (Å²) in [6.07, 6.45) is 5.42. The highest BCUT2D eigenvalue weighted by atomic mass is 16.1. The minimum Gasteiger partial charge on any atom is -0.299 e. The molecule has 0 aromatic carbocycles. The van der Waals surface area contributed by atoms with Crippen molar-refractivity contribution in [2.45, 2.75) is 20.3 Å². The third-order valence-electron chi connectivity index (χ3n) is 2.64. The molecule has 2 rings (SSSR count). The van der Waals surface area contributed by atoms with Gasteiger partial charge in [0.1, 0.15) is 11.6 Å². The SMILES string of the molecule is CC(C)C(=O)Cc1nccc(-c2cccnc2)n1. The fourth-order valence-electron chi connectivity index (χ4n) is 1.52. The number of nitrogens with zero attached hydrogens (tertiary/aromatic N) is 3. The van der Waals surface area contributed by atoms with Gasteiger partial charge in [-0.1, -0.05) is 13.8 Å². The van der Waals surface area contributed by atoms with Crippen LogP contribution in [0.2, 0.25) is 0 Å². The molecule has 0 aliphatic carbocycles. The summed E-state index contributed by atoms with van der Waals surface area (Å²) in [7, 11) is 0. The molecule has 4 heteroatoms. The van der Waals surface area contributed by atoms with Gasteiger partial charge < -0.3 is 0 Å². The van der Waals surface area contributed by atoms with Crippen LogP contribution >= 0.6 is 0 Å². The minimum absolute atomic E-state index is 0.00986. The standard InChI is InChI=1S/C14H15N3O/c1-10(2)13(18)8-14-16-7-5-12(17-14)11-4-3-6-15-9-11/h3-7,9-10H,8H2,1-2H3. The Kier molecular flexibility index (Phi) is 3.77. The van der Waals surface area contributed by atoms with Gasteiger partial charge in [0.15, 0.2) is 0 Å². The zero-order chi connectivity index (χ0) is 13.0. The van der Waals surface area contributed by atoms with E-state index < -0.39 is 0 Å². The van der Waals surface area contributed by atoms with Crippen LogP contribution in [0.25, 0.3) is 11.3 Å². The molecule has 2 aromatic rings. The van der Waals surface area contributed by atoms with E-state index >= 15 is 0 Å². The maximum atomic E-state index is 11.7.